The van der Waals surface area contributed by atoms with Crippen molar-refractivity contribution in [1.29, 1.82) is 0 Å². The molecule has 5 nitrogen and oxygen atoms in total. The number of azo groups is 1. The SMILES string of the molecule is CC(C)NC(=O)c1cc2ccccc2c(N=NC(=Cc2ccccc2)c2ccccc2)c1O. The number of hydrogen-bond donors (Lipinski definition) is 2. The lowest BCUT2D eigenvalue weighted by molar-refractivity contribution is 0.0940. The van der Waals surface area contributed by atoms with E-state index in [9.17, 15) is 9.90 Å². The van der Waals surface area contributed by atoms with Crippen LogP contribution in [0.15, 0.2) is 101 Å². The summed E-state index contributed by atoms with van der Waals surface area (Å²) in [5, 5.41) is 24.3. The van der Waals surface area contributed by atoms with E-state index in [0.29, 0.717) is 11.1 Å². The highest BCUT2D eigenvalue weighted by Gasteiger charge is 2.19. The van der Waals surface area contributed by atoms with Gasteiger partial charge in [-0.15, -0.1) is 10.2 Å². The molecule has 0 unspecified atom stereocenters. The molecule has 1 amide bonds. The minimum Gasteiger partial charge on any atom is -0.505 e. The molecule has 4 aromatic rings. The van der Waals surface area contributed by atoms with Crippen molar-refractivity contribution < 1.29 is 9.90 Å². The number of rotatable bonds is 6. The number of nitrogens with zero attached hydrogens (tertiary/aromatic N) is 2. The fraction of sp³-hybridized carbons (Fsp3) is 0.107. The molecule has 0 aliphatic rings. The standard InChI is InChI=1S/C28H25N3O2/c1-19(2)29-28(33)24-18-22-15-9-10-16-23(22)26(27(24)32)31-30-25(21-13-7-4-8-14-21)17-20-11-5-3-6-12-20/h3-19,32H,1-2H3,(H,29,33). The molecule has 33 heavy (non-hydrogen) atoms. The Morgan fingerprint density at radius 3 is 2.24 bits per heavy atom. The third kappa shape index (κ3) is 5.15. The van der Waals surface area contributed by atoms with E-state index < -0.39 is 0 Å². The predicted octanol–water partition coefficient (Wildman–Crippen LogP) is 6.97. The molecule has 0 atom stereocenters. The quantitative estimate of drug-likeness (QED) is 0.254. The molecule has 0 spiro atoms. The minimum absolute atomic E-state index is 0.0630. The second-order valence-corrected chi connectivity index (χ2v) is 7.98. The maximum absolute atomic E-state index is 12.7. The molecule has 5 heteroatoms. The number of fused-ring (bicyclic) bond motifs is 1. The molecule has 0 heterocycles. The molecule has 0 saturated heterocycles. The Bertz CT molecular complexity index is 1330. The summed E-state index contributed by atoms with van der Waals surface area (Å²) in [5.74, 6) is -0.546. The number of carbonyl (C=O) groups is 1. The van der Waals surface area contributed by atoms with Gasteiger partial charge in [-0.05, 0) is 36.9 Å². The second-order valence-electron chi connectivity index (χ2n) is 7.98. The van der Waals surface area contributed by atoms with Crippen LogP contribution in [-0.2, 0) is 0 Å². The zero-order chi connectivity index (χ0) is 23.2. The van der Waals surface area contributed by atoms with Crippen molar-refractivity contribution in [1.82, 2.24) is 5.32 Å². The van der Waals surface area contributed by atoms with Crippen LogP contribution in [0.2, 0.25) is 0 Å². The zero-order valence-electron chi connectivity index (χ0n) is 18.6. The van der Waals surface area contributed by atoms with Crippen LogP contribution in [0.1, 0.15) is 35.3 Å². The van der Waals surface area contributed by atoms with Crippen molar-refractivity contribution in [2.75, 3.05) is 0 Å². The molecule has 0 saturated carbocycles. The highest BCUT2D eigenvalue weighted by atomic mass is 16.3. The van der Waals surface area contributed by atoms with Gasteiger partial charge in [0.2, 0.25) is 0 Å². The maximum Gasteiger partial charge on any atom is 0.255 e. The van der Waals surface area contributed by atoms with Crippen LogP contribution in [0.4, 0.5) is 5.69 Å². The van der Waals surface area contributed by atoms with Crippen LogP contribution in [0.3, 0.4) is 0 Å². The Morgan fingerprint density at radius 1 is 0.909 bits per heavy atom. The average Bonchev–Trinajstić information content (AvgIpc) is 2.83. The Balaban J connectivity index is 1.85. The van der Waals surface area contributed by atoms with Gasteiger partial charge in [0, 0.05) is 17.0 Å². The van der Waals surface area contributed by atoms with Crippen molar-refractivity contribution in [3.05, 3.63) is 108 Å². The van der Waals surface area contributed by atoms with Crippen LogP contribution in [0.25, 0.3) is 22.5 Å². The zero-order valence-corrected chi connectivity index (χ0v) is 18.6. The van der Waals surface area contributed by atoms with Gasteiger partial charge >= 0.3 is 0 Å². The van der Waals surface area contributed by atoms with E-state index in [1.165, 1.54) is 0 Å². The molecule has 4 aromatic carbocycles. The van der Waals surface area contributed by atoms with Crippen molar-refractivity contribution in [2.45, 2.75) is 19.9 Å². The lowest BCUT2D eigenvalue weighted by Gasteiger charge is -2.13. The lowest BCUT2D eigenvalue weighted by Crippen LogP contribution is -2.30. The first-order chi connectivity index (χ1) is 16.0. The van der Waals surface area contributed by atoms with Gasteiger partial charge in [-0.3, -0.25) is 4.79 Å². The summed E-state index contributed by atoms with van der Waals surface area (Å²) in [6, 6.07) is 28.7. The van der Waals surface area contributed by atoms with Crippen LogP contribution in [0, 0.1) is 0 Å². The first kappa shape index (κ1) is 22.0. The van der Waals surface area contributed by atoms with Crippen LogP contribution in [-0.4, -0.2) is 17.1 Å². The Kier molecular flexibility index (Phi) is 6.60. The van der Waals surface area contributed by atoms with E-state index in [0.717, 1.165) is 16.5 Å². The lowest BCUT2D eigenvalue weighted by atomic mass is 10.0. The summed E-state index contributed by atoms with van der Waals surface area (Å²) in [7, 11) is 0. The van der Waals surface area contributed by atoms with Crippen LogP contribution >= 0.6 is 0 Å². The molecular weight excluding hydrogens is 410 g/mol. The first-order valence-electron chi connectivity index (χ1n) is 10.8. The minimum atomic E-state index is -0.354. The molecule has 0 fully saturated rings. The molecular formula is C28H25N3O2. The molecule has 0 aliphatic heterocycles. The smallest absolute Gasteiger partial charge is 0.255 e. The number of nitrogens with one attached hydrogen (secondary N) is 1. The molecule has 0 bridgehead atoms. The van der Waals surface area contributed by atoms with Crippen molar-refractivity contribution in [3.63, 3.8) is 0 Å². The number of aromatic hydroxyl groups is 1. The number of phenols is 1. The number of phenolic OH excluding ortho intramolecular Hbond substituents is 1. The fourth-order valence-electron chi connectivity index (χ4n) is 3.52. The van der Waals surface area contributed by atoms with E-state index in [1.807, 2.05) is 105 Å². The summed E-state index contributed by atoms with van der Waals surface area (Å²) >= 11 is 0. The molecule has 0 aliphatic carbocycles. The predicted molar refractivity (Wildman–Crippen MR) is 133 cm³/mol. The summed E-state index contributed by atoms with van der Waals surface area (Å²) < 4.78 is 0. The average molecular weight is 436 g/mol. The van der Waals surface area contributed by atoms with E-state index in [2.05, 4.69) is 15.5 Å². The number of amides is 1. The van der Waals surface area contributed by atoms with Gasteiger partial charge in [0.25, 0.3) is 5.91 Å². The maximum atomic E-state index is 12.7. The van der Waals surface area contributed by atoms with E-state index in [4.69, 9.17) is 0 Å². The third-order valence-corrected chi connectivity index (χ3v) is 5.09. The molecule has 2 N–H and O–H groups in total. The Hall–Kier alpha value is -4.25. The van der Waals surface area contributed by atoms with Crippen molar-refractivity contribution >= 4 is 34.1 Å². The van der Waals surface area contributed by atoms with Crippen molar-refractivity contribution in [3.8, 4) is 5.75 Å². The molecule has 164 valence electrons. The van der Waals surface area contributed by atoms with Gasteiger partial charge < -0.3 is 10.4 Å². The Labute approximate surface area is 193 Å². The van der Waals surface area contributed by atoms with Gasteiger partial charge in [-0.1, -0.05) is 84.9 Å². The van der Waals surface area contributed by atoms with Gasteiger partial charge in [-0.25, -0.2) is 0 Å². The normalized spacial score (nSPS) is 11.9. The number of hydrogen-bond acceptors (Lipinski definition) is 4. The molecule has 0 radical (unpaired) electrons. The van der Waals surface area contributed by atoms with Crippen molar-refractivity contribution in [2.24, 2.45) is 10.2 Å². The van der Waals surface area contributed by atoms with Gasteiger partial charge in [-0.2, -0.15) is 0 Å². The highest BCUT2D eigenvalue weighted by molar-refractivity contribution is 6.06. The molecule has 4 rings (SSSR count). The van der Waals surface area contributed by atoms with Gasteiger partial charge in [0.1, 0.15) is 5.69 Å². The summed E-state index contributed by atoms with van der Waals surface area (Å²) in [6.07, 6.45) is 1.94. The van der Waals surface area contributed by atoms with E-state index in [-0.39, 0.29) is 28.9 Å². The van der Waals surface area contributed by atoms with E-state index >= 15 is 0 Å². The number of carbonyl (C=O) groups excluding carboxylic acids is 1. The van der Waals surface area contributed by atoms with Crippen LogP contribution < -0.4 is 5.32 Å². The number of benzene rings is 4. The second kappa shape index (κ2) is 9.92. The summed E-state index contributed by atoms with van der Waals surface area (Å²) in [4.78, 5) is 12.7. The largest absolute Gasteiger partial charge is 0.505 e. The van der Waals surface area contributed by atoms with Gasteiger partial charge in [0.05, 0.1) is 11.3 Å². The fourth-order valence-corrected chi connectivity index (χ4v) is 3.52. The topological polar surface area (TPSA) is 74.0 Å². The highest BCUT2D eigenvalue weighted by Crippen LogP contribution is 2.39. The monoisotopic (exact) mass is 435 g/mol. The summed E-state index contributed by atoms with van der Waals surface area (Å²) in [6.45, 7) is 3.74. The third-order valence-electron chi connectivity index (χ3n) is 5.09. The summed E-state index contributed by atoms with van der Waals surface area (Å²) in [5.41, 5.74) is 2.95. The van der Waals surface area contributed by atoms with Gasteiger partial charge in [0.15, 0.2) is 5.75 Å². The Morgan fingerprint density at radius 2 is 1.55 bits per heavy atom. The van der Waals surface area contributed by atoms with E-state index in [1.54, 1.807) is 6.07 Å². The first-order valence-corrected chi connectivity index (χ1v) is 10.8. The van der Waals surface area contributed by atoms with Crippen LogP contribution in [0.5, 0.6) is 5.75 Å². The molecule has 0 aromatic heterocycles.